The number of hydrogen-bond donors (Lipinski definition) is 0. The Morgan fingerprint density at radius 1 is 1.21 bits per heavy atom. The van der Waals surface area contributed by atoms with Gasteiger partial charge in [0, 0.05) is 13.1 Å². The first-order chi connectivity index (χ1) is 6.66. The van der Waals surface area contributed by atoms with Gasteiger partial charge < -0.3 is 0 Å². The van der Waals surface area contributed by atoms with E-state index in [4.69, 9.17) is 4.84 Å². The molecule has 0 saturated carbocycles. The molecule has 1 aliphatic rings. The lowest BCUT2D eigenvalue weighted by Gasteiger charge is -2.44. The van der Waals surface area contributed by atoms with Crippen molar-refractivity contribution in [3.8, 4) is 0 Å². The molecule has 0 aliphatic carbocycles. The summed E-state index contributed by atoms with van der Waals surface area (Å²) in [5, 5.41) is 2.03. The average molecular weight is 191 g/mol. The second-order valence-electron chi connectivity index (χ2n) is 4.72. The molecule has 2 nitrogen and oxygen atoms in total. The van der Waals surface area contributed by atoms with Crippen molar-refractivity contribution in [2.75, 3.05) is 13.1 Å². The second kappa shape index (κ2) is 3.71. The lowest BCUT2D eigenvalue weighted by Crippen LogP contribution is -2.52. The van der Waals surface area contributed by atoms with Gasteiger partial charge in [0.05, 0.1) is 6.61 Å². The maximum Gasteiger partial charge on any atom is 0.0935 e. The normalized spacial score (nSPS) is 20.4. The van der Waals surface area contributed by atoms with Gasteiger partial charge in [-0.1, -0.05) is 44.2 Å². The van der Waals surface area contributed by atoms with Crippen molar-refractivity contribution in [2.45, 2.75) is 20.5 Å². The molecule has 0 N–H and O–H groups in total. The molecule has 0 bridgehead atoms. The summed E-state index contributed by atoms with van der Waals surface area (Å²) < 4.78 is 0. The minimum Gasteiger partial charge on any atom is -0.294 e. The Morgan fingerprint density at radius 2 is 1.86 bits per heavy atom. The molecule has 2 heteroatoms. The first kappa shape index (κ1) is 9.69. The van der Waals surface area contributed by atoms with Gasteiger partial charge in [-0.25, -0.2) is 0 Å². The fourth-order valence-electron chi connectivity index (χ4n) is 1.74. The van der Waals surface area contributed by atoms with Crippen LogP contribution in [0.3, 0.4) is 0 Å². The molecule has 0 unspecified atom stereocenters. The predicted molar refractivity (Wildman–Crippen MR) is 56.6 cm³/mol. The van der Waals surface area contributed by atoms with Crippen LogP contribution in [0.25, 0.3) is 0 Å². The highest BCUT2D eigenvalue weighted by molar-refractivity contribution is 5.13. The summed E-state index contributed by atoms with van der Waals surface area (Å²) in [6, 6.07) is 10.3. The van der Waals surface area contributed by atoms with Crippen molar-refractivity contribution < 1.29 is 4.84 Å². The van der Waals surface area contributed by atoms with Crippen LogP contribution >= 0.6 is 0 Å². The van der Waals surface area contributed by atoms with Crippen LogP contribution in [-0.4, -0.2) is 18.2 Å². The van der Waals surface area contributed by atoms with E-state index in [1.807, 2.05) is 23.3 Å². The van der Waals surface area contributed by atoms with Crippen molar-refractivity contribution in [2.24, 2.45) is 5.41 Å². The Morgan fingerprint density at radius 3 is 2.43 bits per heavy atom. The van der Waals surface area contributed by atoms with Gasteiger partial charge in [-0.05, 0) is 11.0 Å². The standard InChI is InChI=1S/C12H17NO/c1-12(2)9-13(10-12)14-8-11-6-4-3-5-7-11/h3-7H,8-10H2,1-2H3. The number of rotatable bonds is 3. The van der Waals surface area contributed by atoms with Gasteiger partial charge in [-0.3, -0.25) is 4.84 Å². The first-order valence-corrected chi connectivity index (χ1v) is 5.08. The van der Waals surface area contributed by atoms with Crippen LogP contribution in [0.5, 0.6) is 0 Å². The first-order valence-electron chi connectivity index (χ1n) is 5.08. The molecule has 1 fully saturated rings. The van der Waals surface area contributed by atoms with E-state index < -0.39 is 0 Å². The van der Waals surface area contributed by atoms with Crippen LogP contribution in [0.2, 0.25) is 0 Å². The molecular weight excluding hydrogens is 174 g/mol. The largest absolute Gasteiger partial charge is 0.294 e. The molecule has 0 aromatic heterocycles. The average Bonchev–Trinajstić information content (AvgIpc) is 2.13. The van der Waals surface area contributed by atoms with E-state index in [0.717, 1.165) is 13.1 Å². The van der Waals surface area contributed by atoms with Gasteiger partial charge in [0.1, 0.15) is 0 Å². The zero-order valence-corrected chi connectivity index (χ0v) is 8.86. The minimum atomic E-state index is 0.441. The molecule has 1 saturated heterocycles. The molecule has 0 atom stereocenters. The SMILES string of the molecule is CC1(C)CN(OCc2ccccc2)C1. The monoisotopic (exact) mass is 191 g/mol. The summed E-state index contributed by atoms with van der Waals surface area (Å²) in [7, 11) is 0. The van der Waals surface area contributed by atoms with E-state index in [9.17, 15) is 0 Å². The fourth-order valence-corrected chi connectivity index (χ4v) is 1.74. The van der Waals surface area contributed by atoms with Crippen LogP contribution < -0.4 is 0 Å². The zero-order valence-electron chi connectivity index (χ0n) is 8.86. The lowest BCUT2D eigenvalue weighted by molar-refractivity contribution is -0.249. The van der Waals surface area contributed by atoms with Crippen molar-refractivity contribution in [3.05, 3.63) is 35.9 Å². The highest BCUT2D eigenvalue weighted by atomic mass is 16.7. The number of benzene rings is 1. The predicted octanol–water partition coefficient (Wildman–Crippen LogP) is 2.46. The third-order valence-corrected chi connectivity index (χ3v) is 2.47. The molecule has 2 rings (SSSR count). The summed E-state index contributed by atoms with van der Waals surface area (Å²) in [5.74, 6) is 0. The van der Waals surface area contributed by atoms with Gasteiger partial charge in [-0.15, -0.1) is 0 Å². The Kier molecular flexibility index (Phi) is 2.57. The van der Waals surface area contributed by atoms with Crippen LogP contribution in [0.4, 0.5) is 0 Å². The summed E-state index contributed by atoms with van der Waals surface area (Å²) in [5.41, 5.74) is 1.67. The number of nitrogens with zero attached hydrogens (tertiary/aromatic N) is 1. The third kappa shape index (κ3) is 2.34. The third-order valence-electron chi connectivity index (χ3n) is 2.47. The topological polar surface area (TPSA) is 12.5 Å². The van der Waals surface area contributed by atoms with E-state index in [-0.39, 0.29) is 0 Å². The molecule has 1 aromatic rings. The highest BCUT2D eigenvalue weighted by Gasteiger charge is 2.34. The molecule has 14 heavy (non-hydrogen) atoms. The van der Waals surface area contributed by atoms with Crippen LogP contribution in [0, 0.1) is 5.41 Å². The smallest absolute Gasteiger partial charge is 0.0935 e. The molecule has 0 radical (unpaired) electrons. The fraction of sp³-hybridized carbons (Fsp3) is 0.500. The summed E-state index contributed by atoms with van der Waals surface area (Å²) >= 11 is 0. The van der Waals surface area contributed by atoms with Gasteiger partial charge in [-0.2, -0.15) is 5.06 Å². The molecule has 76 valence electrons. The lowest BCUT2D eigenvalue weighted by atomic mass is 9.86. The van der Waals surface area contributed by atoms with Gasteiger partial charge in [0.2, 0.25) is 0 Å². The van der Waals surface area contributed by atoms with E-state index >= 15 is 0 Å². The summed E-state index contributed by atoms with van der Waals surface area (Å²) in [6.45, 7) is 7.29. The van der Waals surface area contributed by atoms with E-state index in [1.54, 1.807) is 0 Å². The molecule has 1 aromatic carbocycles. The van der Waals surface area contributed by atoms with E-state index in [2.05, 4.69) is 26.0 Å². The van der Waals surface area contributed by atoms with Crippen LogP contribution in [0.15, 0.2) is 30.3 Å². The van der Waals surface area contributed by atoms with E-state index in [0.29, 0.717) is 12.0 Å². The Labute approximate surface area is 85.4 Å². The van der Waals surface area contributed by atoms with Gasteiger partial charge in [0.25, 0.3) is 0 Å². The van der Waals surface area contributed by atoms with Gasteiger partial charge in [0.15, 0.2) is 0 Å². The Balaban J connectivity index is 1.75. The van der Waals surface area contributed by atoms with Crippen LogP contribution in [-0.2, 0) is 11.4 Å². The molecule has 1 heterocycles. The number of hydroxylamine groups is 2. The Bertz CT molecular complexity index is 286. The number of hydrogen-bond acceptors (Lipinski definition) is 2. The van der Waals surface area contributed by atoms with E-state index in [1.165, 1.54) is 5.56 Å². The summed E-state index contributed by atoms with van der Waals surface area (Å²) in [6.07, 6.45) is 0. The van der Waals surface area contributed by atoms with Crippen molar-refractivity contribution in [1.29, 1.82) is 0 Å². The van der Waals surface area contributed by atoms with Crippen molar-refractivity contribution >= 4 is 0 Å². The van der Waals surface area contributed by atoms with Crippen molar-refractivity contribution in [1.82, 2.24) is 5.06 Å². The second-order valence-corrected chi connectivity index (χ2v) is 4.72. The Hall–Kier alpha value is -0.860. The molecule has 0 spiro atoms. The maximum absolute atomic E-state index is 5.63. The van der Waals surface area contributed by atoms with Gasteiger partial charge >= 0.3 is 0 Å². The summed E-state index contributed by atoms with van der Waals surface area (Å²) in [4.78, 5) is 5.63. The van der Waals surface area contributed by atoms with Crippen molar-refractivity contribution in [3.63, 3.8) is 0 Å². The molecule has 1 aliphatic heterocycles. The highest BCUT2D eigenvalue weighted by Crippen LogP contribution is 2.28. The maximum atomic E-state index is 5.63. The molecular formula is C12H17NO. The quantitative estimate of drug-likeness (QED) is 0.727. The zero-order chi connectivity index (χ0) is 10.0. The molecule has 0 amide bonds. The minimum absolute atomic E-state index is 0.441. The van der Waals surface area contributed by atoms with Crippen LogP contribution in [0.1, 0.15) is 19.4 Å².